The highest BCUT2D eigenvalue weighted by molar-refractivity contribution is 5.99. The summed E-state index contributed by atoms with van der Waals surface area (Å²) in [5.41, 5.74) is 1.79. The van der Waals surface area contributed by atoms with Gasteiger partial charge in [-0.2, -0.15) is 5.26 Å². The summed E-state index contributed by atoms with van der Waals surface area (Å²) in [5.74, 6) is 0.802. The first-order valence-electron chi connectivity index (χ1n) is 6.15. The SMILES string of the molecule is [C-]#[N+]/C(=C(/C#N)c1ccc(OC)cc1)c1ccc(O)cc1. The summed E-state index contributed by atoms with van der Waals surface area (Å²) in [6, 6.07) is 15.3. The van der Waals surface area contributed by atoms with E-state index >= 15 is 0 Å². The standard InChI is InChI=1S/C17H12N2O2/c1-19-17(13-3-7-14(20)8-4-13)16(11-18)12-5-9-15(21-2)10-6-12/h3-10,20H,2H3/b17-16-. The normalized spacial score (nSPS) is 11.0. The van der Waals surface area contributed by atoms with Crippen LogP contribution in [-0.4, -0.2) is 12.2 Å². The number of nitrogens with zero attached hydrogens (tertiary/aromatic N) is 2. The Morgan fingerprint density at radius 2 is 1.67 bits per heavy atom. The van der Waals surface area contributed by atoms with Gasteiger partial charge in [0.15, 0.2) is 0 Å². The monoisotopic (exact) mass is 276 g/mol. The van der Waals surface area contributed by atoms with Crippen molar-refractivity contribution in [3.8, 4) is 17.6 Å². The maximum Gasteiger partial charge on any atom is 0.212 e. The van der Waals surface area contributed by atoms with Crippen LogP contribution in [0.25, 0.3) is 16.1 Å². The molecule has 0 fully saturated rings. The molecule has 102 valence electrons. The van der Waals surface area contributed by atoms with Crippen LogP contribution in [0.3, 0.4) is 0 Å². The summed E-state index contributed by atoms with van der Waals surface area (Å²) < 4.78 is 5.08. The van der Waals surface area contributed by atoms with Crippen LogP contribution in [0.15, 0.2) is 48.5 Å². The number of nitriles is 1. The fourth-order valence-corrected chi connectivity index (χ4v) is 1.90. The van der Waals surface area contributed by atoms with Gasteiger partial charge in [-0.25, -0.2) is 4.85 Å². The Balaban J connectivity index is 2.56. The molecule has 0 radical (unpaired) electrons. The molecule has 0 saturated heterocycles. The molecule has 0 saturated carbocycles. The zero-order valence-corrected chi connectivity index (χ0v) is 11.4. The highest BCUT2D eigenvalue weighted by Gasteiger charge is 2.12. The highest BCUT2D eigenvalue weighted by atomic mass is 16.5. The van der Waals surface area contributed by atoms with Crippen LogP contribution in [0.1, 0.15) is 11.1 Å². The van der Waals surface area contributed by atoms with E-state index in [1.807, 2.05) is 0 Å². The molecule has 0 amide bonds. The Bertz CT molecular complexity index is 745. The maximum absolute atomic E-state index is 9.39. The summed E-state index contributed by atoms with van der Waals surface area (Å²) in [6.45, 7) is 7.34. The molecule has 1 N–H and O–H groups in total. The Hall–Kier alpha value is -3.24. The van der Waals surface area contributed by atoms with E-state index in [0.717, 1.165) is 0 Å². The molecule has 21 heavy (non-hydrogen) atoms. The number of hydrogen-bond donors (Lipinski definition) is 1. The van der Waals surface area contributed by atoms with Crippen molar-refractivity contribution in [3.63, 3.8) is 0 Å². The lowest BCUT2D eigenvalue weighted by Crippen LogP contribution is -1.89. The zero-order chi connectivity index (χ0) is 15.2. The van der Waals surface area contributed by atoms with E-state index < -0.39 is 0 Å². The van der Waals surface area contributed by atoms with Gasteiger partial charge >= 0.3 is 0 Å². The van der Waals surface area contributed by atoms with Crippen molar-refractivity contribution in [1.82, 2.24) is 0 Å². The average molecular weight is 276 g/mol. The van der Waals surface area contributed by atoms with Gasteiger partial charge in [0.2, 0.25) is 5.70 Å². The summed E-state index contributed by atoms with van der Waals surface area (Å²) >= 11 is 0. The van der Waals surface area contributed by atoms with Crippen LogP contribution in [0, 0.1) is 17.9 Å². The van der Waals surface area contributed by atoms with Crippen molar-refractivity contribution in [1.29, 1.82) is 5.26 Å². The number of hydrogen-bond acceptors (Lipinski definition) is 3. The Morgan fingerprint density at radius 3 is 2.14 bits per heavy atom. The number of methoxy groups -OCH3 is 1. The molecule has 0 aliphatic carbocycles. The predicted octanol–water partition coefficient (Wildman–Crippen LogP) is 3.71. The molecule has 2 aromatic rings. The molecular weight excluding hydrogens is 264 g/mol. The minimum atomic E-state index is 0.117. The lowest BCUT2D eigenvalue weighted by atomic mass is 10.0. The van der Waals surface area contributed by atoms with E-state index in [-0.39, 0.29) is 11.4 Å². The lowest BCUT2D eigenvalue weighted by molar-refractivity contribution is 0.415. The fraction of sp³-hybridized carbons (Fsp3) is 0.0588. The molecule has 0 aliphatic heterocycles. The summed E-state index contributed by atoms with van der Waals surface area (Å²) in [4.78, 5) is 3.47. The molecule has 2 rings (SSSR count). The number of aromatic hydroxyl groups is 1. The number of allylic oxidation sites excluding steroid dienone is 1. The van der Waals surface area contributed by atoms with E-state index in [1.54, 1.807) is 43.5 Å². The molecule has 4 heteroatoms. The Kier molecular flexibility index (Phi) is 4.23. The highest BCUT2D eigenvalue weighted by Crippen LogP contribution is 2.29. The van der Waals surface area contributed by atoms with Crippen molar-refractivity contribution >= 4 is 11.3 Å². The smallest absolute Gasteiger partial charge is 0.212 e. The first kappa shape index (κ1) is 14.2. The first-order chi connectivity index (χ1) is 10.2. The molecule has 0 aromatic heterocycles. The molecule has 0 heterocycles. The van der Waals surface area contributed by atoms with E-state index in [2.05, 4.69) is 10.9 Å². The largest absolute Gasteiger partial charge is 0.508 e. The van der Waals surface area contributed by atoms with Crippen molar-refractivity contribution in [2.24, 2.45) is 0 Å². The van der Waals surface area contributed by atoms with Gasteiger partial charge in [-0.3, -0.25) is 0 Å². The van der Waals surface area contributed by atoms with E-state index in [9.17, 15) is 10.4 Å². The van der Waals surface area contributed by atoms with Gasteiger partial charge in [0, 0.05) is 0 Å². The van der Waals surface area contributed by atoms with E-state index in [0.29, 0.717) is 22.4 Å². The minimum absolute atomic E-state index is 0.117. The molecule has 2 aromatic carbocycles. The summed E-state index contributed by atoms with van der Waals surface area (Å²) in [7, 11) is 1.57. The van der Waals surface area contributed by atoms with Crippen molar-refractivity contribution < 1.29 is 9.84 Å². The van der Waals surface area contributed by atoms with Crippen molar-refractivity contribution in [2.75, 3.05) is 7.11 Å². The molecule has 4 nitrogen and oxygen atoms in total. The van der Waals surface area contributed by atoms with Crippen LogP contribution in [0.2, 0.25) is 0 Å². The number of phenols is 1. The quantitative estimate of drug-likeness (QED) is 0.528. The zero-order valence-electron chi connectivity index (χ0n) is 11.4. The number of rotatable bonds is 3. The van der Waals surface area contributed by atoms with Gasteiger partial charge in [0.25, 0.3) is 0 Å². The fourth-order valence-electron chi connectivity index (χ4n) is 1.90. The molecule has 0 aliphatic rings. The van der Waals surface area contributed by atoms with Crippen LogP contribution in [0.5, 0.6) is 11.5 Å². The summed E-state index contributed by atoms with van der Waals surface area (Å²) in [6.07, 6.45) is 0. The Labute approximate surface area is 123 Å². The van der Waals surface area contributed by atoms with Crippen molar-refractivity contribution in [2.45, 2.75) is 0 Å². The van der Waals surface area contributed by atoms with Crippen LogP contribution in [-0.2, 0) is 0 Å². The van der Waals surface area contributed by atoms with Gasteiger partial charge in [0.05, 0.1) is 25.3 Å². The minimum Gasteiger partial charge on any atom is -0.508 e. The van der Waals surface area contributed by atoms with Crippen LogP contribution >= 0.6 is 0 Å². The van der Waals surface area contributed by atoms with Gasteiger partial charge in [-0.05, 0) is 35.4 Å². The Morgan fingerprint density at radius 1 is 1.10 bits per heavy atom. The van der Waals surface area contributed by atoms with Crippen LogP contribution in [0.4, 0.5) is 0 Å². The third kappa shape index (κ3) is 3.02. The van der Waals surface area contributed by atoms with E-state index in [1.165, 1.54) is 12.1 Å². The van der Waals surface area contributed by atoms with Gasteiger partial charge in [-0.15, -0.1) is 0 Å². The molecule has 0 spiro atoms. The average Bonchev–Trinajstić information content (AvgIpc) is 2.54. The topological polar surface area (TPSA) is 57.6 Å². The molecule has 0 unspecified atom stereocenters. The predicted molar refractivity (Wildman–Crippen MR) is 80.1 cm³/mol. The first-order valence-corrected chi connectivity index (χ1v) is 6.15. The second kappa shape index (κ2) is 6.27. The van der Waals surface area contributed by atoms with Crippen LogP contribution < -0.4 is 4.74 Å². The second-order valence-electron chi connectivity index (χ2n) is 4.22. The van der Waals surface area contributed by atoms with Gasteiger partial charge in [-0.1, -0.05) is 24.3 Å². The second-order valence-corrected chi connectivity index (χ2v) is 4.22. The van der Waals surface area contributed by atoms with Gasteiger partial charge in [0.1, 0.15) is 11.5 Å². The number of benzene rings is 2. The van der Waals surface area contributed by atoms with Crippen molar-refractivity contribution in [3.05, 3.63) is 71.1 Å². The third-order valence-corrected chi connectivity index (χ3v) is 2.98. The third-order valence-electron chi connectivity index (χ3n) is 2.98. The number of ether oxygens (including phenoxy) is 1. The number of phenolic OH excluding ortho intramolecular Hbond substituents is 1. The van der Waals surface area contributed by atoms with E-state index in [4.69, 9.17) is 11.3 Å². The molecule has 0 atom stereocenters. The molecule has 0 bridgehead atoms. The van der Waals surface area contributed by atoms with Gasteiger partial charge < -0.3 is 9.84 Å². The lowest BCUT2D eigenvalue weighted by Gasteiger charge is -2.06. The molecular formula is C17H12N2O2. The summed E-state index contributed by atoms with van der Waals surface area (Å²) in [5, 5.41) is 18.7. The maximum atomic E-state index is 9.39.